The van der Waals surface area contributed by atoms with Crippen molar-refractivity contribution < 1.29 is 24.9 Å². The first-order valence-corrected chi connectivity index (χ1v) is 8.74. The van der Waals surface area contributed by atoms with Crippen LogP contribution in [-0.4, -0.2) is 45.1 Å². The number of likely N-dealkylation sites (tertiary alicyclic amines) is 1. The molecule has 2 aromatic rings. The molecular weight excluding hydrogens is 393 g/mol. The number of amides is 1. The van der Waals surface area contributed by atoms with E-state index in [-0.39, 0.29) is 35.1 Å². The zero-order valence-electron chi connectivity index (χ0n) is 13.9. The van der Waals surface area contributed by atoms with Crippen molar-refractivity contribution in [1.82, 2.24) is 4.90 Å². The number of halogens is 2. The highest BCUT2D eigenvalue weighted by molar-refractivity contribution is 6.47. The molecule has 2 aromatic carbocycles. The quantitative estimate of drug-likeness (QED) is 0.410. The van der Waals surface area contributed by atoms with Crippen LogP contribution in [0.4, 0.5) is 0 Å². The second-order valence-corrected chi connectivity index (χ2v) is 6.78. The minimum absolute atomic E-state index is 0.0126. The first kappa shape index (κ1) is 19.2. The number of hydrogen-bond acceptors (Lipinski definition) is 5. The van der Waals surface area contributed by atoms with Gasteiger partial charge in [-0.15, -0.1) is 0 Å². The van der Waals surface area contributed by atoms with E-state index < -0.39 is 23.5 Å². The summed E-state index contributed by atoms with van der Waals surface area (Å²) in [5.41, 5.74) is 0.502. The highest BCUT2D eigenvalue weighted by atomic mass is 35.5. The second-order valence-electron chi connectivity index (χ2n) is 5.93. The molecule has 0 aliphatic carbocycles. The number of hydrogen-bond donors (Lipinski definition) is 3. The van der Waals surface area contributed by atoms with E-state index in [1.165, 1.54) is 47.4 Å². The van der Waals surface area contributed by atoms with Gasteiger partial charge in [-0.3, -0.25) is 9.59 Å². The van der Waals surface area contributed by atoms with Crippen molar-refractivity contribution in [3.8, 4) is 5.75 Å². The predicted molar refractivity (Wildman–Crippen MR) is 101 cm³/mol. The monoisotopic (exact) mass is 407 g/mol. The van der Waals surface area contributed by atoms with Gasteiger partial charge in [-0.05, 0) is 35.9 Å². The van der Waals surface area contributed by atoms with E-state index in [4.69, 9.17) is 23.2 Å². The van der Waals surface area contributed by atoms with Crippen molar-refractivity contribution in [1.29, 1.82) is 0 Å². The molecule has 1 heterocycles. The lowest BCUT2D eigenvalue weighted by Crippen LogP contribution is -2.32. The summed E-state index contributed by atoms with van der Waals surface area (Å²) in [5, 5.41) is 30.1. The number of carbonyl (C=O) groups excluding carboxylic acids is 2. The first-order chi connectivity index (χ1) is 12.8. The largest absolute Gasteiger partial charge is 0.508 e. The van der Waals surface area contributed by atoms with Crippen molar-refractivity contribution in [3.05, 3.63) is 69.2 Å². The number of phenols is 1. The van der Waals surface area contributed by atoms with Crippen LogP contribution in [0.2, 0.25) is 10.0 Å². The van der Waals surface area contributed by atoms with Gasteiger partial charge in [0, 0.05) is 17.1 Å². The van der Waals surface area contributed by atoms with Crippen molar-refractivity contribution >= 4 is 40.7 Å². The maximum Gasteiger partial charge on any atom is 0.295 e. The van der Waals surface area contributed by atoms with Crippen LogP contribution >= 0.6 is 23.2 Å². The third-order valence-electron chi connectivity index (χ3n) is 4.28. The Labute approximate surface area is 164 Å². The second kappa shape index (κ2) is 7.60. The van der Waals surface area contributed by atoms with Crippen LogP contribution in [0.5, 0.6) is 5.75 Å². The van der Waals surface area contributed by atoms with Crippen LogP contribution in [0, 0.1) is 0 Å². The summed E-state index contributed by atoms with van der Waals surface area (Å²) in [6.45, 7) is -0.454. The number of Topliss-reactive ketones (excluding diaryl/α,β-unsaturated/α-hetero) is 1. The van der Waals surface area contributed by atoms with E-state index in [0.29, 0.717) is 10.6 Å². The van der Waals surface area contributed by atoms with Gasteiger partial charge in [0.2, 0.25) is 0 Å². The van der Waals surface area contributed by atoms with E-state index >= 15 is 0 Å². The van der Waals surface area contributed by atoms with Crippen molar-refractivity contribution in [2.24, 2.45) is 0 Å². The molecular formula is C19H15Cl2NO5. The van der Waals surface area contributed by atoms with E-state index in [1.54, 1.807) is 0 Å². The smallest absolute Gasteiger partial charge is 0.295 e. The van der Waals surface area contributed by atoms with Gasteiger partial charge in [0.15, 0.2) is 0 Å². The van der Waals surface area contributed by atoms with Gasteiger partial charge in [0.05, 0.1) is 23.2 Å². The Hall–Kier alpha value is -2.54. The highest BCUT2D eigenvalue weighted by Crippen LogP contribution is 2.40. The van der Waals surface area contributed by atoms with E-state index in [1.807, 2.05) is 0 Å². The van der Waals surface area contributed by atoms with E-state index in [9.17, 15) is 24.9 Å². The maximum atomic E-state index is 12.6. The van der Waals surface area contributed by atoms with Crippen LogP contribution in [-0.2, 0) is 9.59 Å². The molecule has 1 aliphatic heterocycles. The molecule has 8 heteroatoms. The Morgan fingerprint density at radius 1 is 1.07 bits per heavy atom. The number of aliphatic hydroxyl groups is 2. The minimum Gasteiger partial charge on any atom is -0.508 e. The maximum absolute atomic E-state index is 12.6. The summed E-state index contributed by atoms with van der Waals surface area (Å²) in [6, 6.07) is 9.32. The van der Waals surface area contributed by atoms with Gasteiger partial charge >= 0.3 is 0 Å². The van der Waals surface area contributed by atoms with Crippen LogP contribution in [0.3, 0.4) is 0 Å². The summed E-state index contributed by atoms with van der Waals surface area (Å²) in [7, 11) is 0. The molecule has 0 unspecified atom stereocenters. The fraction of sp³-hybridized carbons (Fsp3) is 0.158. The fourth-order valence-corrected chi connectivity index (χ4v) is 3.55. The topological polar surface area (TPSA) is 98.1 Å². The van der Waals surface area contributed by atoms with Crippen LogP contribution in [0.15, 0.2) is 48.0 Å². The zero-order valence-corrected chi connectivity index (χ0v) is 15.4. The Morgan fingerprint density at radius 2 is 1.74 bits per heavy atom. The Bertz CT molecular complexity index is 940. The molecule has 1 saturated heterocycles. The Morgan fingerprint density at radius 3 is 2.33 bits per heavy atom. The SMILES string of the molecule is O=C1C(=O)N(CCO)[C@H](c2ccc(O)cc2)C1=C(O)c1ccc(Cl)cc1Cl. The Kier molecular flexibility index (Phi) is 5.41. The summed E-state index contributed by atoms with van der Waals surface area (Å²) in [4.78, 5) is 26.2. The molecule has 0 radical (unpaired) electrons. The third kappa shape index (κ3) is 3.51. The number of rotatable bonds is 4. The molecule has 3 rings (SSSR count). The van der Waals surface area contributed by atoms with Crippen LogP contribution in [0.25, 0.3) is 5.76 Å². The lowest BCUT2D eigenvalue weighted by molar-refractivity contribution is -0.140. The normalized spacial score (nSPS) is 18.9. The number of aliphatic hydroxyl groups excluding tert-OH is 2. The molecule has 3 N–H and O–H groups in total. The number of phenolic OH excluding ortho intramolecular Hbond substituents is 1. The molecule has 1 fully saturated rings. The van der Waals surface area contributed by atoms with Gasteiger partial charge in [-0.1, -0.05) is 35.3 Å². The summed E-state index contributed by atoms with van der Waals surface area (Å²) in [5.74, 6) is -2.15. The van der Waals surface area contributed by atoms with Gasteiger partial charge in [-0.2, -0.15) is 0 Å². The number of aromatic hydroxyl groups is 1. The number of nitrogens with zero attached hydrogens (tertiary/aromatic N) is 1. The molecule has 6 nitrogen and oxygen atoms in total. The average molecular weight is 408 g/mol. The predicted octanol–water partition coefficient (Wildman–Crippen LogP) is 3.11. The lowest BCUT2D eigenvalue weighted by Gasteiger charge is -2.24. The van der Waals surface area contributed by atoms with Gasteiger partial charge in [-0.25, -0.2) is 0 Å². The molecule has 0 aromatic heterocycles. The summed E-state index contributed by atoms with van der Waals surface area (Å²) in [6.07, 6.45) is 0. The molecule has 1 atom stereocenters. The van der Waals surface area contributed by atoms with Gasteiger partial charge in [0.1, 0.15) is 11.5 Å². The van der Waals surface area contributed by atoms with Gasteiger partial charge < -0.3 is 20.2 Å². The third-order valence-corrected chi connectivity index (χ3v) is 4.82. The number of benzene rings is 2. The molecule has 1 amide bonds. The Balaban J connectivity index is 2.21. The molecule has 1 aliphatic rings. The molecule has 27 heavy (non-hydrogen) atoms. The molecule has 0 spiro atoms. The number of β-amino-alcohol motifs (C(OH)–C–C–N with tert-alkyl or cyclic N) is 1. The minimum atomic E-state index is -0.926. The molecule has 0 bridgehead atoms. The summed E-state index contributed by atoms with van der Waals surface area (Å²) < 4.78 is 0. The van der Waals surface area contributed by atoms with E-state index in [2.05, 4.69) is 0 Å². The highest BCUT2D eigenvalue weighted by Gasteiger charge is 2.45. The number of ketones is 1. The first-order valence-electron chi connectivity index (χ1n) is 7.98. The zero-order chi connectivity index (χ0) is 19.7. The molecule has 140 valence electrons. The lowest BCUT2D eigenvalue weighted by atomic mass is 9.95. The average Bonchev–Trinajstić information content (AvgIpc) is 2.87. The van der Waals surface area contributed by atoms with Crippen LogP contribution in [0.1, 0.15) is 17.2 Å². The van der Waals surface area contributed by atoms with Crippen molar-refractivity contribution in [3.63, 3.8) is 0 Å². The summed E-state index contributed by atoms with van der Waals surface area (Å²) >= 11 is 12.0. The van der Waals surface area contributed by atoms with Crippen molar-refractivity contribution in [2.75, 3.05) is 13.2 Å². The van der Waals surface area contributed by atoms with Gasteiger partial charge in [0.25, 0.3) is 11.7 Å². The standard InChI is InChI=1S/C19H15Cl2NO5/c20-11-3-6-13(14(21)9-11)17(25)15-16(10-1-4-12(24)5-2-10)22(7-8-23)19(27)18(15)26/h1-6,9,16,23-25H,7-8H2/t16-/m1/s1. The van der Waals surface area contributed by atoms with E-state index in [0.717, 1.165) is 0 Å². The van der Waals surface area contributed by atoms with Crippen LogP contribution < -0.4 is 0 Å². The van der Waals surface area contributed by atoms with Crippen molar-refractivity contribution in [2.45, 2.75) is 6.04 Å². The number of carbonyl (C=O) groups is 2. The fourth-order valence-electron chi connectivity index (χ4n) is 3.05. The molecule has 0 saturated carbocycles.